The Hall–Kier alpha value is -2.36. The van der Waals surface area contributed by atoms with Crippen LogP contribution in [0.1, 0.15) is 5.56 Å². The molecule has 8 nitrogen and oxygen atoms in total. The molecule has 1 fully saturated rings. The molecule has 0 amide bonds. The quantitative estimate of drug-likeness (QED) is 0.612. The van der Waals surface area contributed by atoms with Gasteiger partial charge in [0.25, 0.3) is 5.69 Å². The number of sulfonamides is 1. The van der Waals surface area contributed by atoms with Gasteiger partial charge in [0.1, 0.15) is 5.69 Å². The van der Waals surface area contributed by atoms with E-state index < -0.39 is 14.9 Å². The van der Waals surface area contributed by atoms with E-state index >= 15 is 0 Å². The number of benzene rings is 2. The van der Waals surface area contributed by atoms with E-state index in [-0.39, 0.29) is 10.6 Å². The molecule has 1 aliphatic rings. The lowest BCUT2D eigenvalue weighted by Crippen LogP contribution is -2.47. The fourth-order valence-electron chi connectivity index (χ4n) is 3.21. The molecule has 0 radical (unpaired) electrons. The fourth-order valence-corrected chi connectivity index (χ4v) is 3.91. The Bertz CT molecular complexity index is 988. The number of anilines is 2. The van der Waals surface area contributed by atoms with E-state index in [1.54, 1.807) is 0 Å². The zero-order valence-corrected chi connectivity index (χ0v) is 16.2. The fraction of sp³-hybridized carbons (Fsp3) is 0.294. The highest BCUT2D eigenvalue weighted by atomic mass is 35.5. The molecule has 0 unspecified atom stereocenters. The van der Waals surface area contributed by atoms with E-state index in [1.165, 1.54) is 12.1 Å². The summed E-state index contributed by atoms with van der Waals surface area (Å²) in [6.45, 7) is 4.45. The van der Waals surface area contributed by atoms with Crippen molar-refractivity contribution in [2.75, 3.05) is 36.0 Å². The maximum absolute atomic E-state index is 11.5. The van der Waals surface area contributed by atoms with Crippen LogP contribution < -0.4 is 14.9 Å². The molecule has 2 aromatic rings. The maximum atomic E-state index is 11.5. The van der Waals surface area contributed by atoms with Gasteiger partial charge in [-0.3, -0.25) is 10.1 Å². The zero-order chi connectivity index (χ0) is 19.8. The summed E-state index contributed by atoms with van der Waals surface area (Å²) < 4.78 is 23.0. The van der Waals surface area contributed by atoms with E-state index in [1.807, 2.05) is 30.0 Å². The van der Waals surface area contributed by atoms with Crippen molar-refractivity contribution in [3.05, 3.63) is 57.1 Å². The number of halogens is 1. The molecule has 0 aliphatic carbocycles. The van der Waals surface area contributed by atoms with Gasteiger partial charge in [0.15, 0.2) is 0 Å². The van der Waals surface area contributed by atoms with E-state index in [4.69, 9.17) is 16.7 Å². The van der Waals surface area contributed by atoms with Crippen molar-refractivity contribution >= 4 is 38.7 Å². The Morgan fingerprint density at radius 2 is 1.63 bits per heavy atom. The number of piperazine rings is 1. The van der Waals surface area contributed by atoms with Crippen LogP contribution in [0.3, 0.4) is 0 Å². The summed E-state index contributed by atoms with van der Waals surface area (Å²) in [5, 5.41) is 17.2. The van der Waals surface area contributed by atoms with E-state index in [0.717, 1.165) is 17.3 Å². The van der Waals surface area contributed by atoms with Crippen molar-refractivity contribution in [2.45, 2.75) is 11.8 Å². The minimum Gasteiger partial charge on any atom is -0.368 e. The number of nitro groups is 1. The Morgan fingerprint density at radius 3 is 2.19 bits per heavy atom. The number of hydrogen-bond donors (Lipinski definition) is 1. The largest absolute Gasteiger partial charge is 0.368 e. The molecule has 0 atom stereocenters. The van der Waals surface area contributed by atoms with Gasteiger partial charge in [0.05, 0.1) is 9.82 Å². The molecule has 0 saturated carbocycles. The summed E-state index contributed by atoms with van der Waals surface area (Å²) in [7, 11) is -4.00. The highest BCUT2D eigenvalue weighted by Crippen LogP contribution is 2.32. The minimum atomic E-state index is -4.00. The Labute approximate surface area is 162 Å². The van der Waals surface area contributed by atoms with E-state index in [0.29, 0.717) is 36.9 Å². The molecule has 2 aromatic carbocycles. The first-order valence-electron chi connectivity index (χ1n) is 8.24. The summed E-state index contributed by atoms with van der Waals surface area (Å²) in [6, 6.07) is 9.46. The highest BCUT2D eigenvalue weighted by Gasteiger charge is 2.26. The first-order valence-corrected chi connectivity index (χ1v) is 10.2. The molecule has 27 heavy (non-hydrogen) atoms. The topological polar surface area (TPSA) is 110 Å². The van der Waals surface area contributed by atoms with Gasteiger partial charge in [-0.1, -0.05) is 17.7 Å². The average Bonchev–Trinajstić information content (AvgIpc) is 2.62. The second-order valence-corrected chi connectivity index (χ2v) is 8.36. The second-order valence-electron chi connectivity index (χ2n) is 6.36. The van der Waals surface area contributed by atoms with Crippen molar-refractivity contribution in [1.82, 2.24) is 0 Å². The molecular formula is C17H19ClN4O4S. The van der Waals surface area contributed by atoms with Crippen LogP contribution in [0.25, 0.3) is 0 Å². The van der Waals surface area contributed by atoms with Crippen molar-refractivity contribution in [1.29, 1.82) is 0 Å². The molecule has 1 aliphatic heterocycles. The van der Waals surface area contributed by atoms with Crippen molar-refractivity contribution in [2.24, 2.45) is 5.14 Å². The standard InChI is InChI=1S/C17H19ClN4O4S/c1-12-2-3-13(18)10-16(12)21-8-6-20(7-9-21)15-5-4-14(27(19,25)26)11-17(15)22(23)24/h2-5,10-11H,6-9H2,1H3,(H2,19,25,26). The van der Waals surface area contributed by atoms with Gasteiger partial charge in [0.2, 0.25) is 10.0 Å². The summed E-state index contributed by atoms with van der Waals surface area (Å²) in [5.74, 6) is 0. The molecule has 0 bridgehead atoms. The maximum Gasteiger partial charge on any atom is 0.293 e. The number of aryl methyl sites for hydroxylation is 1. The molecule has 0 aromatic heterocycles. The molecule has 1 heterocycles. The predicted octanol–water partition coefficient (Wildman–Crippen LogP) is 2.53. The number of nitro benzene ring substituents is 1. The first kappa shape index (κ1) is 19.4. The normalized spacial score (nSPS) is 15.1. The van der Waals surface area contributed by atoms with Gasteiger partial charge in [0, 0.05) is 43.0 Å². The van der Waals surface area contributed by atoms with Gasteiger partial charge < -0.3 is 9.80 Å². The van der Waals surface area contributed by atoms with Crippen LogP contribution in [-0.4, -0.2) is 39.5 Å². The molecule has 3 rings (SSSR count). The van der Waals surface area contributed by atoms with Crippen molar-refractivity contribution in [3.8, 4) is 0 Å². The van der Waals surface area contributed by atoms with Crippen LogP contribution in [0, 0.1) is 17.0 Å². The minimum absolute atomic E-state index is 0.270. The predicted molar refractivity (Wildman–Crippen MR) is 105 cm³/mol. The van der Waals surface area contributed by atoms with Crippen molar-refractivity contribution < 1.29 is 13.3 Å². The number of primary sulfonamides is 1. The number of nitrogens with two attached hydrogens (primary N) is 1. The SMILES string of the molecule is Cc1ccc(Cl)cc1N1CCN(c2ccc(S(N)(=O)=O)cc2[N+](=O)[O-])CC1. The van der Waals surface area contributed by atoms with Crippen LogP contribution in [0.4, 0.5) is 17.1 Å². The number of hydrogen-bond acceptors (Lipinski definition) is 6. The van der Waals surface area contributed by atoms with Gasteiger partial charge in [-0.2, -0.15) is 0 Å². The third kappa shape index (κ3) is 4.15. The lowest BCUT2D eigenvalue weighted by atomic mass is 10.1. The molecule has 2 N–H and O–H groups in total. The lowest BCUT2D eigenvalue weighted by molar-refractivity contribution is -0.384. The third-order valence-corrected chi connectivity index (χ3v) is 5.75. The van der Waals surface area contributed by atoms with Crippen LogP contribution >= 0.6 is 11.6 Å². The summed E-state index contributed by atoms with van der Waals surface area (Å²) in [6.07, 6.45) is 0. The summed E-state index contributed by atoms with van der Waals surface area (Å²) in [4.78, 5) is 14.6. The monoisotopic (exact) mass is 410 g/mol. The highest BCUT2D eigenvalue weighted by molar-refractivity contribution is 7.89. The lowest BCUT2D eigenvalue weighted by Gasteiger charge is -2.37. The molecular weight excluding hydrogens is 392 g/mol. The number of nitrogens with zero attached hydrogens (tertiary/aromatic N) is 3. The summed E-state index contributed by atoms with van der Waals surface area (Å²) >= 11 is 6.10. The molecule has 144 valence electrons. The molecule has 1 saturated heterocycles. The third-order valence-electron chi connectivity index (χ3n) is 4.60. The zero-order valence-electron chi connectivity index (χ0n) is 14.6. The van der Waals surface area contributed by atoms with Gasteiger partial charge in [-0.25, -0.2) is 13.6 Å². The van der Waals surface area contributed by atoms with Crippen LogP contribution in [0.5, 0.6) is 0 Å². The Kier molecular flexibility index (Phi) is 5.27. The second kappa shape index (κ2) is 7.34. The van der Waals surface area contributed by atoms with Gasteiger partial charge >= 0.3 is 0 Å². The Balaban J connectivity index is 1.84. The molecule has 10 heteroatoms. The van der Waals surface area contributed by atoms with Crippen LogP contribution in [-0.2, 0) is 10.0 Å². The Morgan fingerprint density at radius 1 is 1.04 bits per heavy atom. The van der Waals surface area contributed by atoms with Gasteiger partial charge in [-0.15, -0.1) is 0 Å². The van der Waals surface area contributed by atoms with Gasteiger partial charge in [-0.05, 0) is 36.8 Å². The van der Waals surface area contributed by atoms with Crippen molar-refractivity contribution in [3.63, 3.8) is 0 Å². The first-order chi connectivity index (χ1) is 12.7. The van der Waals surface area contributed by atoms with E-state index in [9.17, 15) is 18.5 Å². The number of rotatable bonds is 4. The molecule has 0 spiro atoms. The smallest absolute Gasteiger partial charge is 0.293 e. The van der Waals surface area contributed by atoms with Crippen LogP contribution in [0.2, 0.25) is 5.02 Å². The van der Waals surface area contributed by atoms with Crippen LogP contribution in [0.15, 0.2) is 41.3 Å². The average molecular weight is 411 g/mol. The van der Waals surface area contributed by atoms with E-state index in [2.05, 4.69) is 4.90 Å². The summed E-state index contributed by atoms with van der Waals surface area (Å²) in [5.41, 5.74) is 2.27.